The lowest BCUT2D eigenvalue weighted by atomic mass is 10.2. The summed E-state index contributed by atoms with van der Waals surface area (Å²) in [5.74, 6) is 1.03. The Kier molecular flexibility index (Phi) is 5.31. The van der Waals surface area contributed by atoms with Gasteiger partial charge in [-0.25, -0.2) is 4.39 Å². The van der Waals surface area contributed by atoms with Gasteiger partial charge in [0.15, 0.2) is 0 Å². The van der Waals surface area contributed by atoms with Gasteiger partial charge in [0.2, 0.25) is 0 Å². The molecule has 0 aliphatic heterocycles. The topological polar surface area (TPSA) is 30.5 Å². The summed E-state index contributed by atoms with van der Waals surface area (Å²) in [4.78, 5) is 0. The highest BCUT2D eigenvalue weighted by molar-refractivity contribution is 9.10. The molecule has 0 amide bonds. The van der Waals surface area contributed by atoms with E-state index in [0.29, 0.717) is 27.5 Å². The Hall–Kier alpha value is -1.46. The first-order valence-corrected chi connectivity index (χ1v) is 7.31. The minimum atomic E-state index is -0.389. The molecule has 0 aliphatic rings. The van der Waals surface area contributed by atoms with Crippen LogP contribution in [0.5, 0.6) is 11.5 Å². The lowest BCUT2D eigenvalue weighted by Gasteiger charge is -2.14. The van der Waals surface area contributed by atoms with Gasteiger partial charge in [0, 0.05) is 22.6 Å². The Bertz CT molecular complexity index is 629. The molecule has 0 aromatic heterocycles. The van der Waals surface area contributed by atoms with Gasteiger partial charge in [-0.3, -0.25) is 0 Å². The molecule has 0 saturated carbocycles. The number of methoxy groups -OCH3 is 2. The van der Waals surface area contributed by atoms with Crippen LogP contribution in [0.3, 0.4) is 0 Å². The molecule has 21 heavy (non-hydrogen) atoms. The zero-order valence-corrected chi connectivity index (χ0v) is 13.9. The van der Waals surface area contributed by atoms with E-state index in [1.165, 1.54) is 12.1 Å². The van der Waals surface area contributed by atoms with Gasteiger partial charge >= 0.3 is 0 Å². The van der Waals surface area contributed by atoms with E-state index in [1.807, 2.05) is 12.1 Å². The number of rotatable bonds is 5. The maximum atomic E-state index is 13.2. The number of nitrogens with one attached hydrogen (secondary N) is 1. The van der Waals surface area contributed by atoms with Crippen LogP contribution in [-0.4, -0.2) is 14.2 Å². The van der Waals surface area contributed by atoms with Crippen molar-refractivity contribution >= 4 is 33.2 Å². The molecular formula is C15H14BrClFNO2. The van der Waals surface area contributed by atoms with Gasteiger partial charge < -0.3 is 14.8 Å². The van der Waals surface area contributed by atoms with Crippen molar-refractivity contribution in [2.75, 3.05) is 19.5 Å². The number of anilines is 1. The highest BCUT2D eigenvalue weighted by Crippen LogP contribution is 2.33. The summed E-state index contributed by atoms with van der Waals surface area (Å²) in [5, 5.41) is 3.48. The Balaban J connectivity index is 2.20. The van der Waals surface area contributed by atoms with E-state index >= 15 is 0 Å². The average Bonchev–Trinajstić information content (AvgIpc) is 2.46. The van der Waals surface area contributed by atoms with E-state index in [1.54, 1.807) is 20.3 Å². The summed E-state index contributed by atoms with van der Waals surface area (Å²) < 4.78 is 24.3. The van der Waals surface area contributed by atoms with Crippen LogP contribution in [0, 0.1) is 5.82 Å². The molecule has 6 heteroatoms. The van der Waals surface area contributed by atoms with Crippen molar-refractivity contribution in [2.45, 2.75) is 6.54 Å². The van der Waals surface area contributed by atoms with Crippen molar-refractivity contribution in [1.82, 2.24) is 0 Å². The molecule has 2 aromatic carbocycles. The fraction of sp³-hybridized carbons (Fsp3) is 0.200. The first kappa shape index (κ1) is 15.9. The third-order valence-electron chi connectivity index (χ3n) is 2.96. The zero-order chi connectivity index (χ0) is 15.4. The van der Waals surface area contributed by atoms with Crippen LogP contribution in [0.4, 0.5) is 10.1 Å². The van der Waals surface area contributed by atoms with E-state index in [0.717, 1.165) is 11.3 Å². The van der Waals surface area contributed by atoms with Crippen LogP contribution in [0.15, 0.2) is 34.8 Å². The van der Waals surface area contributed by atoms with Gasteiger partial charge in [-0.1, -0.05) is 11.6 Å². The van der Waals surface area contributed by atoms with Gasteiger partial charge in [0.25, 0.3) is 0 Å². The lowest BCUT2D eigenvalue weighted by molar-refractivity contribution is 0.391. The molecule has 2 aromatic rings. The number of ether oxygens (including phenoxy) is 2. The van der Waals surface area contributed by atoms with Crippen LogP contribution < -0.4 is 14.8 Å². The smallest absolute Gasteiger partial charge is 0.127 e. The second kappa shape index (κ2) is 7.00. The third kappa shape index (κ3) is 3.80. The number of hydrogen-bond donors (Lipinski definition) is 1. The van der Waals surface area contributed by atoms with E-state index in [2.05, 4.69) is 21.2 Å². The standard InChI is InChI=1S/C15H14BrClFNO2/c1-20-11-4-3-9(14(7-11)21-2)8-19-15-12(16)5-10(18)6-13(15)17/h3-7,19H,8H2,1-2H3. The van der Waals surface area contributed by atoms with Crippen molar-refractivity contribution in [2.24, 2.45) is 0 Å². The fourth-order valence-corrected chi connectivity index (χ4v) is 2.85. The molecule has 0 fully saturated rings. The summed E-state index contributed by atoms with van der Waals surface area (Å²) in [5.41, 5.74) is 1.57. The molecule has 2 rings (SSSR count). The minimum Gasteiger partial charge on any atom is -0.497 e. The third-order valence-corrected chi connectivity index (χ3v) is 3.88. The Morgan fingerprint density at radius 1 is 1.19 bits per heavy atom. The molecule has 0 bridgehead atoms. The zero-order valence-electron chi connectivity index (χ0n) is 11.5. The number of hydrogen-bond acceptors (Lipinski definition) is 3. The molecule has 0 radical (unpaired) electrons. The van der Waals surface area contributed by atoms with Crippen LogP contribution in [-0.2, 0) is 6.54 Å². The van der Waals surface area contributed by atoms with Crippen molar-refractivity contribution < 1.29 is 13.9 Å². The lowest BCUT2D eigenvalue weighted by Crippen LogP contribution is -2.03. The Labute approximate surface area is 136 Å². The molecule has 3 nitrogen and oxygen atoms in total. The monoisotopic (exact) mass is 373 g/mol. The largest absolute Gasteiger partial charge is 0.497 e. The molecule has 0 unspecified atom stereocenters. The second-order valence-corrected chi connectivity index (χ2v) is 5.54. The predicted molar refractivity (Wildman–Crippen MR) is 86.0 cm³/mol. The van der Waals surface area contributed by atoms with Gasteiger partial charge in [-0.2, -0.15) is 0 Å². The summed E-state index contributed by atoms with van der Waals surface area (Å²) in [7, 11) is 3.20. The first-order valence-electron chi connectivity index (χ1n) is 6.14. The van der Waals surface area contributed by atoms with Crippen LogP contribution in [0.1, 0.15) is 5.56 Å². The average molecular weight is 375 g/mol. The summed E-state index contributed by atoms with van der Waals surface area (Å²) in [6, 6.07) is 8.18. The van der Waals surface area contributed by atoms with E-state index in [9.17, 15) is 4.39 Å². The fourth-order valence-electron chi connectivity index (χ4n) is 1.89. The molecule has 112 valence electrons. The first-order chi connectivity index (χ1) is 10.0. The highest BCUT2D eigenvalue weighted by atomic mass is 79.9. The maximum Gasteiger partial charge on any atom is 0.127 e. The molecule has 0 saturated heterocycles. The van der Waals surface area contributed by atoms with Gasteiger partial charge in [0.1, 0.15) is 17.3 Å². The maximum absolute atomic E-state index is 13.2. The van der Waals surface area contributed by atoms with Crippen molar-refractivity contribution in [3.05, 3.63) is 51.2 Å². The molecule has 0 aliphatic carbocycles. The second-order valence-electron chi connectivity index (χ2n) is 4.28. The van der Waals surface area contributed by atoms with Crippen molar-refractivity contribution in [1.29, 1.82) is 0 Å². The molecule has 0 heterocycles. The van der Waals surface area contributed by atoms with Gasteiger partial charge in [-0.05, 0) is 40.2 Å². The number of benzene rings is 2. The van der Waals surface area contributed by atoms with E-state index in [-0.39, 0.29) is 5.82 Å². The molecule has 0 atom stereocenters. The molecule has 0 spiro atoms. The van der Waals surface area contributed by atoms with Crippen LogP contribution in [0.2, 0.25) is 5.02 Å². The molecular weight excluding hydrogens is 361 g/mol. The quantitative estimate of drug-likeness (QED) is 0.810. The van der Waals surface area contributed by atoms with Crippen LogP contribution >= 0.6 is 27.5 Å². The van der Waals surface area contributed by atoms with Crippen molar-refractivity contribution in [3.63, 3.8) is 0 Å². The summed E-state index contributed by atoms with van der Waals surface area (Å²) in [6.45, 7) is 0.483. The Morgan fingerprint density at radius 3 is 2.57 bits per heavy atom. The SMILES string of the molecule is COc1ccc(CNc2c(Cl)cc(F)cc2Br)c(OC)c1. The van der Waals surface area contributed by atoms with Crippen LogP contribution in [0.25, 0.3) is 0 Å². The molecule has 1 N–H and O–H groups in total. The summed E-state index contributed by atoms with van der Waals surface area (Å²) in [6.07, 6.45) is 0. The van der Waals surface area contributed by atoms with E-state index in [4.69, 9.17) is 21.1 Å². The number of halogens is 3. The summed E-state index contributed by atoms with van der Waals surface area (Å²) >= 11 is 9.33. The highest BCUT2D eigenvalue weighted by Gasteiger charge is 2.10. The van der Waals surface area contributed by atoms with E-state index < -0.39 is 0 Å². The minimum absolute atomic E-state index is 0.314. The predicted octanol–water partition coefficient (Wildman–Crippen LogP) is 4.87. The normalized spacial score (nSPS) is 10.3. The van der Waals surface area contributed by atoms with Gasteiger partial charge in [0.05, 0.1) is 24.9 Å². The van der Waals surface area contributed by atoms with Gasteiger partial charge in [-0.15, -0.1) is 0 Å². The Morgan fingerprint density at radius 2 is 1.95 bits per heavy atom. The van der Waals surface area contributed by atoms with Crippen molar-refractivity contribution in [3.8, 4) is 11.5 Å².